The van der Waals surface area contributed by atoms with Crippen LogP contribution in [0.25, 0.3) is 10.9 Å². The molecule has 0 aliphatic rings. The summed E-state index contributed by atoms with van der Waals surface area (Å²) in [7, 11) is 0. The van der Waals surface area contributed by atoms with Gasteiger partial charge in [0.05, 0.1) is 5.52 Å². The monoisotopic (exact) mass is 290 g/mol. The van der Waals surface area contributed by atoms with Crippen LogP contribution in [0.2, 0.25) is 5.15 Å². The molecule has 1 heterocycles. The number of nitrogens with zero attached hydrogens (tertiary/aromatic N) is 1. The van der Waals surface area contributed by atoms with Crippen molar-refractivity contribution in [3.05, 3.63) is 41.0 Å². The second-order valence-corrected chi connectivity index (χ2v) is 5.66. The highest BCUT2D eigenvalue weighted by atomic mass is 35.5. The van der Waals surface area contributed by atoms with Crippen LogP contribution < -0.4 is 5.32 Å². The molecule has 3 nitrogen and oxygen atoms in total. The number of hydrogen-bond acceptors (Lipinski definition) is 2. The van der Waals surface area contributed by atoms with Crippen LogP contribution in [0.5, 0.6) is 0 Å². The van der Waals surface area contributed by atoms with Crippen LogP contribution in [-0.2, 0) is 0 Å². The summed E-state index contributed by atoms with van der Waals surface area (Å²) in [6.07, 6.45) is 0.925. The fraction of sp³-hybridized carbons (Fsp3) is 0.375. The van der Waals surface area contributed by atoms with Crippen molar-refractivity contribution in [2.24, 2.45) is 5.92 Å². The summed E-state index contributed by atoms with van der Waals surface area (Å²) < 4.78 is 0. The molecule has 20 heavy (non-hydrogen) atoms. The number of carbonyl (C=O) groups is 1. The Labute approximate surface area is 124 Å². The molecule has 1 aromatic carbocycles. The zero-order chi connectivity index (χ0) is 14.7. The molecule has 0 aliphatic carbocycles. The number of pyridine rings is 1. The average molecular weight is 291 g/mol. The van der Waals surface area contributed by atoms with Gasteiger partial charge in [-0.2, -0.15) is 0 Å². The van der Waals surface area contributed by atoms with Gasteiger partial charge < -0.3 is 5.32 Å². The quantitative estimate of drug-likeness (QED) is 0.863. The van der Waals surface area contributed by atoms with Gasteiger partial charge in [0.25, 0.3) is 5.91 Å². The Morgan fingerprint density at radius 1 is 1.30 bits per heavy atom. The van der Waals surface area contributed by atoms with Gasteiger partial charge in [-0.1, -0.05) is 32.4 Å². The van der Waals surface area contributed by atoms with Gasteiger partial charge in [-0.3, -0.25) is 4.79 Å². The molecule has 1 aromatic heterocycles. The van der Waals surface area contributed by atoms with Crippen molar-refractivity contribution in [2.45, 2.75) is 33.2 Å². The third-order valence-corrected chi connectivity index (χ3v) is 3.69. The Balaban J connectivity index is 2.24. The fourth-order valence-electron chi connectivity index (χ4n) is 2.23. The lowest BCUT2D eigenvalue weighted by atomic mass is 10.0. The Morgan fingerprint density at radius 3 is 2.70 bits per heavy atom. The number of rotatable bonds is 4. The molecule has 0 aliphatic heterocycles. The Bertz CT molecular complexity index is 625. The fourth-order valence-corrected chi connectivity index (χ4v) is 2.39. The first-order valence-corrected chi connectivity index (χ1v) is 7.26. The lowest BCUT2D eigenvalue weighted by Crippen LogP contribution is -2.37. The van der Waals surface area contributed by atoms with E-state index in [1.165, 1.54) is 0 Å². The van der Waals surface area contributed by atoms with E-state index in [-0.39, 0.29) is 11.9 Å². The summed E-state index contributed by atoms with van der Waals surface area (Å²) in [5.41, 5.74) is 1.45. The van der Waals surface area contributed by atoms with E-state index in [1.807, 2.05) is 18.2 Å². The topological polar surface area (TPSA) is 42.0 Å². The van der Waals surface area contributed by atoms with Crippen LogP contribution in [0.3, 0.4) is 0 Å². The van der Waals surface area contributed by atoms with Gasteiger partial charge >= 0.3 is 0 Å². The summed E-state index contributed by atoms with van der Waals surface area (Å²) >= 11 is 5.85. The standard InChI is InChI=1S/C16H19ClN2O/c1-4-13(10(2)3)19-16(20)12-5-7-14-11(9-12)6-8-15(17)18-14/h5-10,13H,4H2,1-3H3,(H,19,20). The van der Waals surface area contributed by atoms with E-state index in [9.17, 15) is 4.79 Å². The van der Waals surface area contributed by atoms with E-state index >= 15 is 0 Å². The first-order chi connectivity index (χ1) is 9.51. The lowest BCUT2D eigenvalue weighted by molar-refractivity contribution is 0.0925. The maximum absolute atomic E-state index is 12.3. The minimum atomic E-state index is -0.0394. The van der Waals surface area contributed by atoms with Crippen molar-refractivity contribution in [2.75, 3.05) is 0 Å². The summed E-state index contributed by atoms with van der Waals surface area (Å²) in [5, 5.41) is 4.45. The molecule has 0 spiro atoms. The maximum atomic E-state index is 12.3. The van der Waals surface area contributed by atoms with Crippen molar-refractivity contribution in [3.8, 4) is 0 Å². The van der Waals surface area contributed by atoms with E-state index in [0.717, 1.165) is 17.3 Å². The van der Waals surface area contributed by atoms with E-state index in [1.54, 1.807) is 12.1 Å². The van der Waals surface area contributed by atoms with Crippen LogP contribution in [0.4, 0.5) is 0 Å². The predicted octanol–water partition coefficient (Wildman–Crippen LogP) is 4.05. The smallest absolute Gasteiger partial charge is 0.251 e. The molecule has 2 rings (SSSR count). The molecular formula is C16H19ClN2O. The first kappa shape index (κ1) is 14.8. The molecule has 0 fully saturated rings. The average Bonchev–Trinajstić information content (AvgIpc) is 2.43. The van der Waals surface area contributed by atoms with Gasteiger partial charge in [0, 0.05) is 17.0 Å². The number of carbonyl (C=O) groups excluding carboxylic acids is 1. The summed E-state index contributed by atoms with van der Waals surface area (Å²) in [5.74, 6) is 0.382. The minimum absolute atomic E-state index is 0.0394. The van der Waals surface area contributed by atoms with Gasteiger partial charge in [-0.05, 0) is 42.7 Å². The molecule has 0 radical (unpaired) electrons. The van der Waals surface area contributed by atoms with Crippen molar-refractivity contribution >= 4 is 28.4 Å². The van der Waals surface area contributed by atoms with Crippen molar-refractivity contribution in [1.82, 2.24) is 10.3 Å². The van der Waals surface area contributed by atoms with Crippen LogP contribution in [-0.4, -0.2) is 16.9 Å². The van der Waals surface area contributed by atoms with Crippen LogP contribution in [0, 0.1) is 5.92 Å². The molecule has 0 bridgehead atoms. The van der Waals surface area contributed by atoms with Crippen molar-refractivity contribution < 1.29 is 4.79 Å². The number of halogens is 1. The maximum Gasteiger partial charge on any atom is 0.251 e. The first-order valence-electron chi connectivity index (χ1n) is 6.88. The van der Waals surface area contributed by atoms with E-state index < -0.39 is 0 Å². The number of aromatic nitrogens is 1. The Hall–Kier alpha value is -1.61. The molecule has 1 unspecified atom stereocenters. The highest BCUT2D eigenvalue weighted by molar-refractivity contribution is 6.29. The van der Waals surface area contributed by atoms with Crippen LogP contribution >= 0.6 is 11.6 Å². The molecule has 1 amide bonds. The highest BCUT2D eigenvalue weighted by Gasteiger charge is 2.15. The molecule has 0 saturated heterocycles. The zero-order valence-electron chi connectivity index (χ0n) is 12.0. The number of amides is 1. The lowest BCUT2D eigenvalue weighted by Gasteiger charge is -2.20. The Kier molecular flexibility index (Phi) is 4.61. The predicted molar refractivity (Wildman–Crippen MR) is 83.1 cm³/mol. The number of fused-ring (bicyclic) bond motifs is 1. The van der Waals surface area contributed by atoms with Gasteiger partial charge in [0.15, 0.2) is 0 Å². The molecule has 4 heteroatoms. The van der Waals surface area contributed by atoms with Gasteiger partial charge in [-0.15, -0.1) is 0 Å². The summed E-state index contributed by atoms with van der Waals surface area (Å²) in [6, 6.07) is 9.26. The molecule has 106 valence electrons. The normalized spacial score (nSPS) is 12.7. The van der Waals surface area contributed by atoms with Crippen LogP contribution in [0.15, 0.2) is 30.3 Å². The largest absolute Gasteiger partial charge is 0.349 e. The molecule has 2 aromatic rings. The van der Waals surface area contributed by atoms with Crippen LogP contribution in [0.1, 0.15) is 37.6 Å². The third kappa shape index (κ3) is 3.28. The van der Waals surface area contributed by atoms with Gasteiger partial charge in [0.2, 0.25) is 0 Å². The Morgan fingerprint density at radius 2 is 2.05 bits per heavy atom. The van der Waals surface area contributed by atoms with E-state index in [4.69, 9.17) is 11.6 Å². The number of nitrogens with one attached hydrogen (secondary N) is 1. The van der Waals surface area contributed by atoms with Gasteiger partial charge in [0.1, 0.15) is 5.15 Å². The van der Waals surface area contributed by atoms with E-state index in [2.05, 4.69) is 31.1 Å². The third-order valence-electron chi connectivity index (χ3n) is 3.48. The minimum Gasteiger partial charge on any atom is -0.349 e. The van der Waals surface area contributed by atoms with Gasteiger partial charge in [-0.25, -0.2) is 4.98 Å². The van der Waals surface area contributed by atoms with Crippen molar-refractivity contribution in [1.29, 1.82) is 0 Å². The molecular weight excluding hydrogens is 272 g/mol. The highest BCUT2D eigenvalue weighted by Crippen LogP contribution is 2.17. The SMILES string of the molecule is CCC(NC(=O)c1ccc2nc(Cl)ccc2c1)C(C)C. The van der Waals surface area contributed by atoms with E-state index in [0.29, 0.717) is 16.6 Å². The molecule has 1 atom stereocenters. The number of hydrogen-bond donors (Lipinski definition) is 1. The summed E-state index contributed by atoms with van der Waals surface area (Å²) in [6.45, 7) is 6.30. The number of benzene rings is 1. The second kappa shape index (κ2) is 6.23. The van der Waals surface area contributed by atoms with Crippen molar-refractivity contribution in [3.63, 3.8) is 0 Å². The second-order valence-electron chi connectivity index (χ2n) is 5.27. The summed E-state index contributed by atoms with van der Waals surface area (Å²) in [4.78, 5) is 16.5. The molecule has 1 N–H and O–H groups in total. The zero-order valence-corrected chi connectivity index (χ0v) is 12.7. The molecule has 0 saturated carbocycles.